The number of hydrogen-bond donors (Lipinski definition) is 5. The second-order valence-electron chi connectivity index (χ2n) is 6.15. The number of halogens is 1. The monoisotopic (exact) mass is 427 g/mol. The van der Waals surface area contributed by atoms with E-state index in [1.54, 1.807) is 0 Å². The molecule has 5 N–H and O–H groups in total. The van der Waals surface area contributed by atoms with Gasteiger partial charge in [0.2, 0.25) is 0 Å². The number of H-pyrrole nitrogens is 1. The van der Waals surface area contributed by atoms with Gasteiger partial charge in [0.15, 0.2) is 16.7 Å². The molecule has 0 radical (unpaired) electrons. The minimum absolute atomic E-state index is 0.144. The van der Waals surface area contributed by atoms with Crippen LogP contribution in [0.1, 0.15) is 20.1 Å². The van der Waals surface area contributed by atoms with E-state index in [2.05, 4.69) is 4.98 Å². The lowest BCUT2D eigenvalue weighted by atomic mass is 9.99. The van der Waals surface area contributed by atoms with E-state index in [4.69, 9.17) is 26.6 Å². The van der Waals surface area contributed by atoms with E-state index in [0.717, 1.165) is 24.5 Å². The molecule has 14 heteroatoms. The van der Waals surface area contributed by atoms with Gasteiger partial charge in [0.05, 0.1) is 6.61 Å². The Morgan fingerprint density at radius 2 is 2.30 bits per heavy atom. The van der Waals surface area contributed by atoms with Gasteiger partial charge in [-0.05, 0) is 26.1 Å². The fraction of sp³-hybridized carbons (Fsp3) is 0.615. The van der Waals surface area contributed by atoms with Crippen LogP contribution in [0.3, 0.4) is 0 Å². The highest BCUT2D eigenvalue weighted by atomic mass is 32.1. The molecule has 1 fully saturated rings. The largest absolute Gasteiger partial charge is 0.480 e. The van der Waals surface area contributed by atoms with E-state index in [-0.39, 0.29) is 4.77 Å². The Labute approximate surface area is 157 Å². The van der Waals surface area contributed by atoms with Crippen LogP contribution in [0.15, 0.2) is 17.1 Å². The Bertz CT molecular complexity index is 874. The molecule has 2 heterocycles. The van der Waals surface area contributed by atoms with Gasteiger partial charge in [0.25, 0.3) is 5.56 Å². The SMILES string of the molecule is C[C@H](NP(=O)(O)OC[C@H]1O[C@@H](n2ccc(=O)[nH]c2=S)C(C)(F)C1O)C(=O)O. The summed E-state index contributed by atoms with van der Waals surface area (Å²) in [6, 6.07) is -0.293. The number of carbonyl (C=O) groups is 1. The Kier molecular flexibility index (Phi) is 6.37. The zero-order valence-electron chi connectivity index (χ0n) is 14.2. The zero-order chi connectivity index (χ0) is 20.6. The fourth-order valence-electron chi connectivity index (χ4n) is 2.47. The number of carboxylic acid groups (broad SMARTS) is 1. The molecule has 0 bridgehead atoms. The van der Waals surface area contributed by atoms with Gasteiger partial charge in [-0.3, -0.25) is 23.7 Å². The van der Waals surface area contributed by atoms with Gasteiger partial charge in [-0.15, -0.1) is 0 Å². The number of rotatable bonds is 7. The highest BCUT2D eigenvalue weighted by Crippen LogP contribution is 2.44. The van der Waals surface area contributed by atoms with Crippen LogP contribution in [-0.2, 0) is 18.6 Å². The van der Waals surface area contributed by atoms with Crippen LogP contribution >= 0.6 is 20.0 Å². The summed E-state index contributed by atoms with van der Waals surface area (Å²) in [5.41, 5.74) is -2.87. The van der Waals surface area contributed by atoms with Crippen molar-refractivity contribution in [1.29, 1.82) is 0 Å². The van der Waals surface area contributed by atoms with Crippen LogP contribution in [0.4, 0.5) is 4.39 Å². The summed E-state index contributed by atoms with van der Waals surface area (Å²) in [4.78, 5) is 33.9. The van der Waals surface area contributed by atoms with Crippen LogP contribution in [-0.4, -0.2) is 61.2 Å². The van der Waals surface area contributed by atoms with Gasteiger partial charge >= 0.3 is 13.7 Å². The maximum atomic E-state index is 15.0. The molecule has 11 nitrogen and oxygen atoms in total. The first-order valence-corrected chi connectivity index (χ1v) is 9.65. The average molecular weight is 427 g/mol. The predicted octanol–water partition coefficient (Wildman–Crippen LogP) is 0.0721. The molecule has 0 aliphatic carbocycles. The molecule has 3 unspecified atom stereocenters. The van der Waals surface area contributed by atoms with Crippen LogP contribution in [0.25, 0.3) is 0 Å². The molecule has 27 heavy (non-hydrogen) atoms. The van der Waals surface area contributed by atoms with Gasteiger partial charge in [0, 0.05) is 12.3 Å². The number of aliphatic hydroxyl groups excluding tert-OH is 1. The number of nitrogens with zero attached hydrogens (tertiary/aromatic N) is 1. The molecular formula is C13H19FN3O8PS. The van der Waals surface area contributed by atoms with Crippen molar-refractivity contribution in [3.63, 3.8) is 0 Å². The van der Waals surface area contributed by atoms with E-state index in [1.165, 1.54) is 6.20 Å². The Morgan fingerprint density at radius 1 is 1.67 bits per heavy atom. The molecule has 0 aromatic carbocycles. The van der Waals surface area contributed by atoms with E-state index < -0.39 is 56.0 Å². The number of hydrogen-bond acceptors (Lipinski definition) is 7. The van der Waals surface area contributed by atoms with Crippen molar-refractivity contribution in [3.05, 3.63) is 27.4 Å². The van der Waals surface area contributed by atoms with Gasteiger partial charge in [-0.25, -0.2) is 14.0 Å². The van der Waals surface area contributed by atoms with Crippen LogP contribution in [0.5, 0.6) is 0 Å². The van der Waals surface area contributed by atoms with E-state index in [1.807, 2.05) is 5.09 Å². The highest BCUT2D eigenvalue weighted by molar-refractivity contribution is 7.71. The lowest BCUT2D eigenvalue weighted by Crippen LogP contribution is -2.41. The summed E-state index contributed by atoms with van der Waals surface area (Å²) >= 11 is 4.95. The minimum Gasteiger partial charge on any atom is -0.480 e. The van der Waals surface area contributed by atoms with Crippen molar-refractivity contribution in [2.45, 2.75) is 44.0 Å². The first kappa shape index (κ1) is 21.8. The molecule has 1 aromatic rings. The molecule has 0 amide bonds. The van der Waals surface area contributed by atoms with Crippen molar-refractivity contribution >= 4 is 25.9 Å². The second kappa shape index (κ2) is 7.87. The first-order chi connectivity index (χ1) is 12.3. The van der Waals surface area contributed by atoms with Gasteiger partial charge in [0.1, 0.15) is 18.2 Å². The van der Waals surface area contributed by atoms with Crippen LogP contribution in [0, 0.1) is 4.77 Å². The molecular weight excluding hydrogens is 408 g/mol. The summed E-state index contributed by atoms with van der Waals surface area (Å²) < 4.78 is 37.9. The molecule has 0 saturated carbocycles. The summed E-state index contributed by atoms with van der Waals surface area (Å²) in [5.74, 6) is -1.38. The maximum Gasteiger partial charge on any atom is 0.403 e. The number of nitrogens with one attached hydrogen (secondary N) is 2. The van der Waals surface area contributed by atoms with Gasteiger partial charge in [-0.1, -0.05) is 0 Å². The lowest BCUT2D eigenvalue weighted by Gasteiger charge is -2.25. The average Bonchev–Trinajstić information content (AvgIpc) is 2.76. The molecule has 0 spiro atoms. The molecule has 2 rings (SSSR count). The smallest absolute Gasteiger partial charge is 0.403 e. The molecule has 1 saturated heterocycles. The number of carboxylic acids is 1. The Morgan fingerprint density at radius 3 is 2.85 bits per heavy atom. The molecule has 152 valence electrons. The van der Waals surface area contributed by atoms with E-state index in [9.17, 15) is 24.2 Å². The standard InChI is InChI=1S/C13H19FN3O8PS/c1-6(10(20)21)16-26(22,23)24-5-7-9(19)13(2,14)11(25-7)17-4-3-8(18)15-12(17)27/h3-4,6-7,9,11,19H,5H2,1-2H3,(H,20,21)(H,15,18,27)(H2,16,22,23)/t6-,7+,9?,11+,13?/m0/s1. The predicted molar refractivity (Wildman–Crippen MR) is 91.3 cm³/mol. The highest BCUT2D eigenvalue weighted by Gasteiger charge is 2.55. The zero-order valence-corrected chi connectivity index (χ0v) is 15.9. The second-order valence-corrected chi connectivity index (χ2v) is 8.09. The number of aliphatic hydroxyl groups is 1. The van der Waals surface area contributed by atoms with Gasteiger partial charge in [-0.2, -0.15) is 0 Å². The van der Waals surface area contributed by atoms with E-state index in [0.29, 0.717) is 0 Å². The topological polar surface area (TPSA) is 163 Å². The third kappa shape index (κ3) is 4.88. The first-order valence-electron chi connectivity index (χ1n) is 7.67. The summed E-state index contributed by atoms with van der Waals surface area (Å²) in [7, 11) is -4.55. The molecule has 1 aromatic heterocycles. The maximum absolute atomic E-state index is 15.0. The normalized spacial score (nSPS) is 31.4. The van der Waals surface area contributed by atoms with Crippen molar-refractivity contribution < 1.29 is 38.1 Å². The van der Waals surface area contributed by atoms with Crippen LogP contribution < -0.4 is 10.6 Å². The lowest BCUT2D eigenvalue weighted by molar-refractivity contribution is -0.138. The Hall–Kier alpha value is -1.47. The van der Waals surface area contributed by atoms with Gasteiger partial charge < -0.3 is 19.8 Å². The van der Waals surface area contributed by atoms with Crippen molar-refractivity contribution in [2.75, 3.05) is 6.61 Å². The summed E-state index contributed by atoms with van der Waals surface area (Å²) in [6.07, 6.45) is -3.36. The Balaban J connectivity index is 2.14. The number of aromatic nitrogens is 2. The molecule has 1 aliphatic rings. The van der Waals surface area contributed by atoms with Crippen molar-refractivity contribution in [3.8, 4) is 0 Å². The number of alkyl halides is 1. The number of aromatic amines is 1. The number of aliphatic carboxylic acids is 1. The third-order valence-electron chi connectivity index (χ3n) is 3.96. The van der Waals surface area contributed by atoms with Crippen molar-refractivity contribution in [2.24, 2.45) is 0 Å². The summed E-state index contributed by atoms with van der Waals surface area (Å²) in [6.45, 7) is 1.46. The summed E-state index contributed by atoms with van der Waals surface area (Å²) in [5, 5.41) is 20.8. The van der Waals surface area contributed by atoms with E-state index >= 15 is 4.39 Å². The molecule has 6 atom stereocenters. The fourth-order valence-corrected chi connectivity index (χ4v) is 3.75. The van der Waals surface area contributed by atoms with Crippen molar-refractivity contribution in [1.82, 2.24) is 14.6 Å². The molecule has 1 aliphatic heterocycles. The third-order valence-corrected chi connectivity index (χ3v) is 5.49. The quantitative estimate of drug-likeness (QED) is 0.297. The minimum atomic E-state index is -4.55. The van der Waals surface area contributed by atoms with Crippen LogP contribution in [0.2, 0.25) is 0 Å². The number of ether oxygens (including phenoxy) is 1.